The van der Waals surface area contributed by atoms with Gasteiger partial charge in [-0.05, 0) is 56.5 Å². The van der Waals surface area contributed by atoms with Crippen LogP contribution in [0, 0.1) is 5.92 Å². The molecule has 0 amide bonds. The highest BCUT2D eigenvalue weighted by atomic mass is 16.5. The maximum atomic E-state index is 12.4. The quantitative estimate of drug-likeness (QED) is 0.555. The molecule has 0 heterocycles. The van der Waals surface area contributed by atoms with Crippen LogP contribution in [-0.2, 0) is 5.60 Å². The Labute approximate surface area is 186 Å². The topological polar surface area (TPSA) is 32.7 Å². The fraction of sp³-hybridized carbons (Fsp3) is 0.357. The van der Waals surface area contributed by atoms with E-state index in [2.05, 4.69) is 79.7 Å². The Hall–Kier alpha value is -2.62. The monoisotopic (exact) mass is 415 g/mol. The van der Waals surface area contributed by atoms with Crippen LogP contribution in [0.3, 0.4) is 0 Å². The van der Waals surface area contributed by atoms with E-state index in [1.807, 2.05) is 24.3 Å². The normalized spacial score (nSPS) is 24.7. The van der Waals surface area contributed by atoms with Gasteiger partial charge in [0.15, 0.2) is 0 Å². The average molecular weight is 416 g/mol. The number of rotatable bonds is 6. The van der Waals surface area contributed by atoms with Crippen LogP contribution in [0.2, 0.25) is 0 Å². The zero-order valence-electron chi connectivity index (χ0n) is 18.7. The molecule has 4 rings (SSSR count). The first-order valence-electron chi connectivity index (χ1n) is 11.2. The molecule has 31 heavy (non-hydrogen) atoms. The number of benzene rings is 3. The lowest BCUT2D eigenvalue weighted by Gasteiger charge is -2.49. The smallest absolute Gasteiger partial charge is 0.124 e. The summed E-state index contributed by atoms with van der Waals surface area (Å²) in [5.74, 6) is 1.20. The molecule has 0 aliphatic heterocycles. The van der Waals surface area contributed by atoms with Gasteiger partial charge in [0.25, 0.3) is 0 Å². The fourth-order valence-electron chi connectivity index (χ4n) is 5.49. The minimum atomic E-state index is -0.970. The predicted octanol–water partition coefficient (Wildman–Crippen LogP) is 5.77. The van der Waals surface area contributed by atoms with Gasteiger partial charge in [-0.25, -0.2) is 0 Å². The molecule has 3 nitrogen and oxygen atoms in total. The van der Waals surface area contributed by atoms with Gasteiger partial charge >= 0.3 is 0 Å². The molecule has 1 saturated carbocycles. The highest BCUT2D eigenvalue weighted by Crippen LogP contribution is 2.54. The van der Waals surface area contributed by atoms with E-state index < -0.39 is 5.60 Å². The zero-order valence-corrected chi connectivity index (χ0v) is 18.7. The van der Waals surface area contributed by atoms with Gasteiger partial charge in [-0.15, -0.1) is 0 Å². The molecule has 1 aliphatic carbocycles. The molecule has 0 aromatic heterocycles. The third-order valence-electron chi connectivity index (χ3n) is 6.95. The van der Waals surface area contributed by atoms with Crippen molar-refractivity contribution in [1.29, 1.82) is 0 Å². The second-order valence-electron chi connectivity index (χ2n) is 8.93. The lowest BCUT2D eigenvalue weighted by Crippen LogP contribution is -2.46. The van der Waals surface area contributed by atoms with E-state index in [9.17, 15) is 5.11 Å². The molecule has 4 unspecified atom stereocenters. The first-order chi connectivity index (χ1) is 15.0. The number of nitrogens with zero attached hydrogens (tertiary/aromatic N) is 1. The standard InChI is InChI=1S/C28H33NO2/c1-29(2)27(22-14-8-5-9-15-22)25-20-23(21-12-6-4-7-13-21)18-19-28(25,30)24-16-10-11-17-26(24)31-3/h4-17,23,25,27,30H,18-20H2,1-3H3. The highest BCUT2D eigenvalue weighted by molar-refractivity contribution is 5.40. The van der Waals surface area contributed by atoms with E-state index in [0.717, 1.165) is 24.2 Å². The molecule has 0 spiro atoms. The Morgan fingerprint density at radius 3 is 2.16 bits per heavy atom. The van der Waals surface area contributed by atoms with Crippen molar-refractivity contribution >= 4 is 0 Å². The zero-order chi connectivity index (χ0) is 21.8. The SMILES string of the molecule is COc1ccccc1C1(O)CCC(c2ccccc2)CC1C(c1ccccc1)N(C)C. The molecular weight excluding hydrogens is 382 g/mol. The maximum Gasteiger partial charge on any atom is 0.124 e. The number of methoxy groups -OCH3 is 1. The molecule has 0 radical (unpaired) electrons. The minimum Gasteiger partial charge on any atom is -0.496 e. The number of aliphatic hydroxyl groups is 1. The molecule has 0 saturated heterocycles. The van der Waals surface area contributed by atoms with Crippen LogP contribution in [0.25, 0.3) is 0 Å². The van der Waals surface area contributed by atoms with Crippen LogP contribution in [0.1, 0.15) is 47.9 Å². The van der Waals surface area contributed by atoms with Gasteiger partial charge in [-0.2, -0.15) is 0 Å². The van der Waals surface area contributed by atoms with Crippen LogP contribution in [0.15, 0.2) is 84.9 Å². The molecule has 1 aliphatic rings. The molecule has 0 bridgehead atoms. The van der Waals surface area contributed by atoms with Crippen molar-refractivity contribution in [1.82, 2.24) is 4.90 Å². The van der Waals surface area contributed by atoms with E-state index in [1.165, 1.54) is 11.1 Å². The van der Waals surface area contributed by atoms with Gasteiger partial charge in [0.2, 0.25) is 0 Å². The molecule has 3 aromatic rings. The summed E-state index contributed by atoms with van der Waals surface area (Å²) in [4.78, 5) is 2.26. The van der Waals surface area contributed by atoms with E-state index in [0.29, 0.717) is 12.3 Å². The molecule has 162 valence electrons. The minimum absolute atomic E-state index is 0.0140. The van der Waals surface area contributed by atoms with Gasteiger partial charge in [0, 0.05) is 17.5 Å². The molecule has 3 heteroatoms. The maximum absolute atomic E-state index is 12.4. The largest absolute Gasteiger partial charge is 0.496 e. The molecular formula is C28H33NO2. The van der Waals surface area contributed by atoms with Crippen LogP contribution < -0.4 is 4.74 Å². The Morgan fingerprint density at radius 1 is 0.903 bits per heavy atom. The third-order valence-corrected chi connectivity index (χ3v) is 6.95. The molecule has 4 atom stereocenters. The number of para-hydroxylation sites is 1. The van der Waals surface area contributed by atoms with Crippen molar-refractivity contribution < 1.29 is 9.84 Å². The molecule has 1 N–H and O–H groups in total. The highest BCUT2D eigenvalue weighted by Gasteiger charge is 2.49. The Morgan fingerprint density at radius 2 is 1.52 bits per heavy atom. The number of ether oxygens (including phenoxy) is 1. The van der Waals surface area contributed by atoms with Crippen molar-refractivity contribution in [3.63, 3.8) is 0 Å². The third kappa shape index (κ3) is 4.26. The summed E-state index contributed by atoms with van der Waals surface area (Å²) in [6.45, 7) is 0. The summed E-state index contributed by atoms with van der Waals surface area (Å²) < 4.78 is 5.70. The fourth-order valence-corrected chi connectivity index (χ4v) is 5.49. The van der Waals surface area contributed by atoms with Crippen molar-refractivity contribution in [3.05, 3.63) is 102 Å². The second kappa shape index (κ2) is 9.25. The summed E-state index contributed by atoms with van der Waals surface area (Å²) in [6, 6.07) is 29.4. The van der Waals surface area contributed by atoms with Crippen molar-refractivity contribution in [3.8, 4) is 5.75 Å². The van der Waals surface area contributed by atoms with Gasteiger partial charge in [-0.1, -0.05) is 78.9 Å². The first kappa shape index (κ1) is 21.6. The second-order valence-corrected chi connectivity index (χ2v) is 8.93. The lowest BCUT2D eigenvalue weighted by atomic mass is 9.62. The predicted molar refractivity (Wildman–Crippen MR) is 126 cm³/mol. The van der Waals surface area contributed by atoms with E-state index in [-0.39, 0.29) is 12.0 Å². The van der Waals surface area contributed by atoms with E-state index >= 15 is 0 Å². The van der Waals surface area contributed by atoms with Crippen LogP contribution in [-0.4, -0.2) is 31.2 Å². The molecule has 1 fully saturated rings. The number of hydrogen-bond acceptors (Lipinski definition) is 3. The first-order valence-corrected chi connectivity index (χ1v) is 11.2. The van der Waals surface area contributed by atoms with Crippen LogP contribution in [0.5, 0.6) is 5.75 Å². The summed E-state index contributed by atoms with van der Waals surface area (Å²) in [5, 5.41) is 12.4. The van der Waals surface area contributed by atoms with Gasteiger partial charge in [0.1, 0.15) is 5.75 Å². The van der Waals surface area contributed by atoms with Crippen molar-refractivity contribution in [2.24, 2.45) is 5.92 Å². The Kier molecular flexibility index (Phi) is 6.45. The summed E-state index contributed by atoms with van der Waals surface area (Å²) in [6.07, 6.45) is 2.56. The van der Waals surface area contributed by atoms with E-state index in [4.69, 9.17) is 4.74 Å². The van der Waals surface area contributed by atoms with Gasteiger partial charge < -0.3 is 14.7 Å². The lowest BCUT2D eigenvalue weighted by molar-refractivity contribution is -0.0897. The summed E-state index contributed by atoms with van der Waals surface area (Å²) >= 11 is 0. The Balaban J connectivity index is 1.82. The average Bonchev–Trinajstić information content (AvgIpc) is 2.81. The Bertz CT molecular complexity index is 973. The summed E-state index contributed by atoms with van der Waals surface area (Å²) in [5.41, 5.74) is 2.53. The number of hydrogen-bond donors (Lipinski definition) is 1. The van der Waals surface area contributed by atoms with Crippen LogP contribution in [0.4, 0.5) is 0 Å². The van der Waals surface area contributed by atoms with E-state index in [1.54, 1.807) is 7.11 Å². The van der Waals surface area contributed by atoms with Gasteiger partial charge in [-0.3, -0.25) is 0 Å². The molecule has 3 aromatic carbocycles. The van der Waals surface area contributed by atoms with Crippen LogP contribution >= 0.6 is 0 Å². The summed E-state index contributed by atoms with van der Waals surface area (Å²) in [7, 11) is 5.92. The van der Waals surface area contributed by atoms with Gasteiger partial charge in [0.05, 0.1) is 12.7 Å². The van der Waals surface area contributed by atoms with Crippen molar-refractivity contribution in [2.75, 3.05) is 21.2 Å². The van der Waals surface area contributed by atoms with Crippen molar-refractivity contribution in [2.45, 2.75) is 36.8 Å².